The smallest absolute Gasteiger partial charge is 0.250 e. The van der Waals surface area contributed by atoms with Gasteiger partial charge in [0.15, 0.2) is 0 Å². The number of fused-ring (bicyclic) bond motifs is 1. The highest BCUT2D eigenvalue weighted by molar-refractivity contribution is 6.12. The second-order valence-corrected chi connectivity index (χ2v) is 7.12. The number of primary amides is 1. The third-order valence-electron chi connectivity index (χ3n) is 5.06. The summed E-state index contributed by atoms with van der Waals surface area (Å²) in [4.78, 5) is 17.4. The van der Waals surface area contributed by atoms with Gasteiger partial charge in [-0.2, -0.15) is 0 Å². The molecule has 0 radical (unpaired) electrons. The molecule has 5 aromatic rings. The topological polar surface area (TPSA) is 94.9 Å². The van der Waals surface area contributed by atoms with Gasteiger partial charge in [0.05, 0.1) is 28.8 Å². The third kappa shape index (κ3) is 3.55. The summed E-state index contributed by atoms with van der Waals surface area (Å²) in [5.74, 6) is 0.0919. The molecule has 0 saturated carbocycles. The number of amides is 1. The maximum Gasteiger partial charge on any atom is 0.250 e. The number of hydrogen-bond donors (Lipinski definition) is 1. The van der Waals surface area contributed by atoms with Gasteiger partial charge in [-0.05, 0) is 11.6 Å². The van der Waals surface area contributed by atoms with E-state index < -0.39 is 5.91 Å². The zero-order valence-electron chi connectivity index (χ0n) is 16.5. The van der Waals surface area contributed by atoms with Crippen molar-refractivity contribution in [1.29, 1.82) is 0 Å². The minimum absolute atomic E-state index is 0.219. The summed E-state index contributed by atoms with van der Waals surface area (Å²) in [7, 11) is 0. The zero-order chi connectivity index (χ0) is 21.2. The van der Waals surface area contributed by atoms with Crippen molar-refractivity contribution in [3.05, 3.63) is 102 Å². The standard InChI is InChI=1S/C25H18N4O2/c26-24(30)21-18-13-7-8-14-19(18)27-23(17-11-5-2-6-12-17)22(21)25-29-28-20(31-25)15-16-9-3-1-4-10-16/h1-14H,15H2,(H2,26,30). The van der Waals surface area contributed by atoms with Crippen molar-refractivity contribution < 1.29 is 9.21 Å². The number of pyridine rings is 1. The molecule has 0 atom stereocenters. The number of para-hydroxylation sites is 1. The van der Waals surface area contributed by atoms with Crippen molar-refractivity contribution in [1.82, 2.24) is 15.2 Å². The maximum absolute atomic E-state index is 12.6. The number of nitrogens with two attached hydrogens (primary N) is 1. The Hall–Kier alpha value is -4.32. The summed E-state index contributed by atoms with van der Waals surface area (Å²) >= 11 is 0. The van der Waals surface area contributed by atoms with Gasteiger partial charge >= 0.3 is 0 Å². The molecule has 0 aliphatic rings. The first-order chi connectivity index (χ1) is 15.2. The molecular formula is C25H18N4O2. The first-order valence-electron chi connectivity index (χ1n) is 9.85. The lowest BCUT2D eigenvalue weighted by molar-refractivity contribution is 0.100. The van der Waals surface area contributed by atoms with Crippen LogP contribution in [0, 0.1) is 0 Å². The van der Waals surface area contributed by atoms with E-state index in [-0.39, 0.29) is 5.89 Å². The van der Waals surface area contributed by atoms with Gasteiger partial charge in [-0.25, -0.2) is 4.98 Å². The van der Waals surface area contributed by atoms with E-state index in [2.05, 4.69) is 10.2 Å². The van der Waals surface area contributed by atoms with Crippen molar-refractivity contribution in [3.8, 4) is 22.7 Å². The summed E-state index contributed by atoms with van der Waals surface area (Å²) < 4.78 is 6.01. The lowest BCUT2D eigenvalue weighted by Gasteiger charge is -2.13. The highest BCUT2D eigenvalue weighted by Gasteiger charge is 2.25. The molecule has 3 aromatic carbocycles. The molecule has 0 aliphatic carbocycles. The van der Waals surface area contributed by atoms with Gasteiger partial charge in [0, 0.05) is 10.9 Å². The molecule has 0 fully saturated rings. The van der Waals surface area contributed by atoms with Crippen LogP contribution < -0.4 is 5.73 Å². The van der Waals surface area contributed by atoms with E-state index in [4.69, 9.17) is 15.1 Å². The number of rotatable bonds is 5. The molecule has 150 valence electrons. The van der Waals surface area contributed by atoms with Crippen LogP contribution in [0.5, 0.6) is 0 Å². The molecule has 2 aromatic heterocycles. The molecule has 5 rings (SSSR count). The Kier molecular flexibility index (Phi) is 4.72. The van der Waals surface area contributed by atoms with Crippen LogP contribution in [0.2, 0.25) is 0 Å². The molecule has 0 spiro atoms. The number of carbonyl (C=O) groups excluding carboxylic acids is 1. The van der Waals surface area contributed by atoms with E-state index in [1.165, 1.54) is 0 Å². The Morgan fingerprint density at radius 3 is 2.26 bits per heavy atom. The SMILES string of the molecule is NC(=O)c1c(-c2nnc(Cc3ccccc3)o2)c(-c2ccccc2)nc2ccccc12. The summed E-state index contributed by atoms with van der Waals surface area (Å²) in [6, 6.07) is 26.8. The molecular weight excluding hydrogens is 388 g/mol. The van der Waals surface area contributed by atoms with Crippen molar-refractivity contribution in [2.45, 2.75) is 6.42 Å². The van der Waals surface area contributed by atoms with E-state index in [0.717, 1.165) is 11.1 Å². The largest absolute Gasteiger partial charge is 0.420 e. The first-order valence-corrected chi connectivity index (χ1v) is 9.85. The number of aromatic nitrogens is 3. The van der Waals surface area contributed by atoms with Crippen LogP contribution >= 0.6 is 0 Å². The number of hydrogen-bond acceptors (Lipinski definition) is 5. The molecule has 6 nitrogen and oxygen atoms in total. The normalized spacial score (nSPS) is 11.0. The van der Waals surface area contributed by atoms with Crippen LogP contribution in [-0.4, -0.2) is 21.1 Å². The van der Waals surface area contributed by atoms with Crippen molar-refractivity contribution in [2.75, 3.05) is 0 Å². The molecule has 0 aliphatic heterocycles. The average Bonchev–Trinajstić information content (AvgIpc) is 3.27. The number of benzene rings is 3. The predicted octanol–water partition coefficient (Wildman–Crippen LogP) is 4.64. The molecule has 31 heavy (non-hydrogen) atoms. The Morgan fingerprint density at radius 1 is 0.839 bits per heavy atom. The van der Waals surface area contributed by atoms with Crippen LogP contribution in [0.25, 0.3) is 33.6 Å². The number of nitrogens with zero attached hydrogens (tertiary/aromatic N) is 3. The zero-order valence-corrected chi connectivity index (χ0v) is 16.5. The fourth-order valence-corrected chi connectivity index (χ4v) is 3.68. The van der Waals surface area contributed by atoms with E-state index in [1.807, 2.05) is 84.9 Å². The van der Waals surface area contributed by atoms with Gasteiger partial charge in [0.25, 0.3) is 5.89 Å². The first kappa shape index (κ1) is 18.7. The molecule has 2 heterocycles. The summed E-state index contributed by atoms with van der Waals surface area (Å²) in [5, 5.41) is 9.11. The molecule has 6 heteroatoms. The average molecular weight is 406 g/mol. The Balaban J connectivity index is 1.74. The lowest BCUT2D eigenvalue weighted by atomic mass is 9.96. The second-order valence-electron chi connectivity index (χ2n) is 7.12. The third-order valence-corrected chi connectivity index (χ3v) is 5.06. The predicted molar refractivity (Wildman–Crippen MR) is 118 cm³/mol. The molecule has 2 N–H and O–H groups in total. The van der Waals surface area contributed by atoms with E-state index in [9.17, 15) is 4.79 Å². The van der Waals surface area contributed by atoms with Crippen LogP contribution in [-0.2, 0) is 6.42 Å². The van der Waals surface area contributed by atoms with Gasteiger partial charge in [0.1, 0.15) is 0 Å². The van der Waals surface area contributed by atoms with Crippen LogP contribution in [0.3, 0.4) is 0 Å². The summed E-state index contributed by atoms with van der Waals surface area (Å²) in [5.41, 5.74) is 9.72. The Bertz CT molecular complexity index is 1380. The fraction of sp³-hybridized carbons (Fsp3) is 0.0400. The van der Waals surface area contributed by atoms with Crippen LogP contribution in [0.4, 0.5) is 0 Å². The molecule has 1 amide bonds. The van der Waals surface area contributed by atoms with Gasteiger partial charge in [-0.1, -0.05) is 78.9 Å². The second kappa shape index (κ2) is 7.84. The number of carbonyl (C=O) groups is 1. The molecule has 0 bridgehead atoms. The monoisotopic (exact) mass is 406 g/mol. The van der Waals surface area contributed by atoms with Crippen molar-refractivity contribution in [3.63, 3.8) is 0 Å². The van der Waals surface area contributed by atoms with Gasteiger partial charge < -0.3 is 10.2 Å². The Labute approximate surface area is 178 Å². The van der Waals surface area contributed by atoms with E-state index in [0.29, 0.717) is 40.0 Å². The highest BCUT2D eigenvalue weighted by Crippen LogP contribution is 2.37. The quantitative estimate of drug-likeness (QED) is 0.459. The van der Waals surface area contributed by atoms with E-state index in [1.54, 1.807) is 0 Å². The van der Waals surface area contributed by atoms with Gasteiger partial charge in [0.2, 0.25) is 11.8 Å². The molecule has 0 unspecified atom stereocenters. The van der Waals surface area contributed by atoms with Gasteiger partial charge in [-0.3, -0.25) is 4.79 Å². The van der Waals surface area contributed by atoms with E-state index >= 15 is 0 Å². The molecule has 0 saturated heterocycles. The van der Waals surface area contributed by atoms with Gasteiger partial charge in [-0.15, -0.1) is 10.2 Å². The van der Waals surface area contributed by atoms with Crippen molar-refractivity contribution in [2.24, 2.45) is 5.73 Å². The fourth-order valence-electron chi connectivity index (χ4n) is 3.68. The minimum atomic E-state index is -0.575. The summed E-state index contributed by atoms with van der Waals surface area (Å²) in [6.07, 6.45) is 0.488. The lowest BCUT2D eigenvalue weighted by Crippen LogP contribution is -2.14. The maximum atomic E-state index is 12.6. The highest BCUT2D eigenvalue weighted by atomic mass is 16.4. The van der Waals surface area contributed by atoms with Crippen LogP contribution in [0.15, 0.2) is 89.3 Å². The van der Waals surface area contributed by atoms with Crippen molar-refractivity contribution >= 4 is 16.8 Å². The summed E-state index contributed by atoms with van der Waals surface area (Å²) in [6.45, 7) is 0. The minimum Gasteiger partial charge on any atom is -0.420 e. The van der Waals surface area contributed by atoms with Crippen LogP contribution in [0.1, 0.15) is 21.8 Å². The Morgan fingerprint density at radius 2 is 1.52 bits per heavy atom.